The molecular weight excluding hydrogens is 468 g/mol. The first kappa shape index (κ1) is 28.3. The number of hydrogen-bond acceptors (Lipinski definition) is 7. The second-order valence-corrected chi connectivity index (χ2v) is 8.82. The molecule has 4 N–H and O–H groups in total. The summed E-state index contributed by atoms with van der Waals surface area (Å²) >= 11 is 0. The van der Waals surface area contributed by atoms with Gasteiger partial charge in [0.1, 0.15) is 30.9 Å². The van der Waals surface area contributed by atoms with E-state index in [-0.39, 0.29) is 31.5 Å². The standard InChI is InChI=1S/C24H34N6O6/c1-5-16(4)21(23(33)34)26-19(31)13-30-12-18(28-29-30)11-25-22(32)20(15(2)3)27-24(35)36-14-17-9-7-6-8-10-17/h6-10,12,15-16,20-21H,5,11,13-14H2,1-4H3,(H,25,32)(H,26,31)(H,27,35)(H,33,34)/t16-,20+,21+/m1/s1. The fraction of sp³-hybridized carbons (Fsp3) is 0.500. The Morgan fingerprint density at radius 2 is 1.75 bits per heavy atom. The number of hydrogen-bond donors (Lipinski definition) is 4. The average molecular weight is 503 g/mol. The summed E-state index contributed by atoms with van der Waals surface area (Å²) in [7, 11) is 0. The number of rotatable bonds is 13. The highest BCUT2D eigenvalue weighted by molar-refractivity contribution is 5.86. The third-order valence-electron chi connectivity index (χ3n) is 5.57. The molecule has 2 rings (SSSR count). The lowest BCUT2D eigenvalue weighted by Crippen LogP contribution is -2.49. The van der Waals surface area contributed by atoms with Gasteiger partial charge in [0.15, 0.2) is 0 Å². The number of benzene rings is 1. The van der Waals surface area contributed by atoms with E-state index in [0.717, 1.165) is 5.56 Å². The Balaban J connectivity index is 1.85. The van der Waals surface area contributed by atoms with Crippen LogP contribution in [0.4, 0.5) is 4.79 Å². The number of carbonyl (C=O) groups excluding carboxylic acids is 3. The first-order valence-corrected chi connectivity index (χ1v) is 11.8. The van der Waals surface area contributed by atoms with Gasteiger partial charge in [-0.3, -0.25) is 9.59 Å². The van der Waals surface area contributed by atoms with E-state index < -0.39 is 36.0 Å². The first-order chi connectivity index (χ1) is 17.1. The van der Waals surface area contributed by atoms with Crippen molar-refractivity contribution >= 4 is 23.9 Å². The number of nitrogens with one attached hydrogen (secondary N) is 3. The van der Waals surface area contributed by atoms with Gasteiger partial charge in [0.2, 0.25) is 11.8 Å². The van der Waals surface area contributed by atoms with Crippen LogP contribution in [0.15, 0.2) is 36.5 Å². The molecule has 0 aliphatic heterocycles. The van der Waals surface area contributed by atoms with Gasteiger partial charge in [-0.1, -0.05) is 69.7 Å². The summed E-state index contributed by atoms with van der Waals surface area (Å²) in [5.41, 5.74) is 1.22. The molecule has 1 aromatic heterocycles. The van der Waals surface area contributed by atoms with Gasteiger partial charge in [-0.05, 0) is 17.4 Å². The Hall–Kier alpha value is -3.96. The number of aromatic nitrogens is 3. The highest BCUT2D eigenvalue weighted by Gasteiger charge is 2.26. The molecule has 3 atom stereocenters. The van der Waals surface area contributed by atoms with E-state index in [1.165, 1.54) is 10.9 Å². The van der Waals surface area contributed by atoms with Crippen molar-refractivity contribution in [3.8, 4) is 0 Å². The lowest BCUT2D eigenvalue weighted by molar-refractivity contribution is -0.143. The van der Waals surface area contributed by atoms with Crippen LogP contribution in [0, 0.1) is 11.8 Å². The van der Waals surface area contributed by atoms with Crippen molar-refractivity contribution in [1.29, 1.82) is 0 Å². The van der Waals surface area contributed by atoms with E-state index in [0.29, 0.717) is 12.1 Å². The average Bonchev–Trinajstić information content (AvgIpc) is 3.29. The topological polar surface area (TPSA) is 165 Å². The second-order valence-electron chi connectivity index (χ2n) is 8.82. The number of carbonyl (C=O) groups is 4. The summed E-state index contributed by atoms with van der Waals surface area (Å²) in [5.74, 6) is -2.47. The molecule has 3 amide bonds. The quantitative estimate of drug-likeness (QED) is 0.320. The summed E-state index contributed by atoms with van der Waals surface area (Å²) < 4.78 is 6.45. The Bertz CT molecular complexity index is 1030. The summed E-state index contributed by atoms with van der Waals surface area (Å²) in [6.07, 6.45) is 1.37. The smallest absolute Gasteiger partial charge is 0.408 e. The molecule has 0 saturated carbocycles. The summed E-state index contributed by atoms with van der Waals surface area (Å²) in [6.45, 7) is 7.07. The summed E-state index contributed by atoms with van der Waals surface area (Å²) in [6, 6.07) is 7.36. The zero-order valence-corrected chi connectivity index (χ0v) is 20.9. The van der Waals surface area contributed by atoms with Gasteiger partial charge in [0, 0.05) is 0 Å². The maximum absolute atomic E-state index is 12.7. The molecule has 12 heteroatoms. The number of carboxylic acid groups (broad SMARTS) is 1. The Morgan fingerprint density at radius 1 is 1.06 bits per heavy atom. The van der Waals surface area contributed by atoms with Gasteiger partial charge in [-0.2, -0.15) is 0 Å². The lowest BCUT2D eigenvalue weighted by atomic mass is 9.99. The van der Waals surface area contributed by atoms with Gasteiger partial charge in [0.25, 0.3) is 0 Å². The van der Waals surface area contributed by atoms with E-state index in [9.17, 15) is 24.3 Å². The first-order valence-electron chi connectivity index (χ1n) is 11.8. The number of carboxylic acids is 1. The zero-order valence-electron chi connectivity index (χ0n) is 20.9. The fourth-order valence-electron chi connectivity index (χ4n) is 3.26. The van der Waals surface area contributed by atoms with Crippen LogP contribution in [0.2, 0.25) is 0 Å². The van der Waals surface area contributed by atoms with Crippen LogP contribution in [0.1, 0.15) is 45.4 Å². The van der Waals surface area contributed by atoms with Crippen molar-refractivity contribution in [2.24, 2.45) is 11.8 Å². The molecule has 0 bridgehead atoms. The minimum absolute atomic E-state index is 0.0229. The van der Waals surface area contributed by atoms with E-state index in [1.54, 1.807) is 20.8 Å². The minimum Gasteiger partial charge on any atom is -0.480 e. The van der Waals surface area contributed by atoms with Crippen molar-refractivity contribution in [3.63, 3.8) is 0 Å². The van der Waals surface area contributed by atoms with E-state index >= 15 is 0 Å². The molecule has 1 aromatic carbocycles. The molecule has 2 aromatic rings. The molecule has 12 nitrogen and oxygen atoms in total. The zero-order chi connectivity index (χ0) is 26.7. The van der Waals surface area contributed by atoms with Gasteiger partial charge in [-0.15, -0.1) is 5.10 Å². The molecule has 36 heavy (non-hydrogen) atoms. The van der Waals surface area contributed by atoms with Gasteiger partial charge in [-0.25, -0.2) is 14.3 Å². The van der Waals surface area contributed by atoms with E-state index in [4.69, 9.17) is 4.74 Å². The van der Waals surface area contributed by atoms with Crippen LogP contribution < -0.4 is 16.0 Å². The van der Waals surface area contributed by atoms with Crippen molar-refractivity contribution in [2.75, 3.05) is 0 Å². The molecule has 0 radical (unpaired) electrons. The molecule has 0 aliphatic rings. The second kappa shape index (κ2) is 13.8. The van der Waals surface area contributed by atoms with Gasteiger partial charge < -0.3 is 25.8 Å². The van der Waals surface area contributed by atoms with Crippen molar-refractivity contribution in [3.05, 3.63) is 47.8 Å². The van der Waals surface area contributed by atoms with Crippen LogP contribution >= 0.6 is 0 Å². The largest absolute Gasteiger partial charge is 0.480 e. The predicted octanol–water partition coefficient (Wildman–Crippen LogP) is 1.46. The van der Waals surface area contributed by atoms with E-state index in [1.807, 2.05) is 37.3 Å². The Morgan fingerprint density at radius 3 is 2.36 bits per heavy atom. The molecule has 0 spiro atoms. The highest BCUT2D eigenvalue weighted by atomic mass is 16.5. The number of ether oxygens (including phenoxy) is 1. The maximum atomic E-state index is 12.7. The summed E-state index contributed by atoms with van der Waals surface area (Å²) in [4.78, 5) is 48.5. The van der Waals surface area contributed by atoms with Crippen molar-refractivity contribution in [2.45, 2.75) is 65.9 Å². The normalized spacial score (nSPS) is 13.4. The SMILES string of the molecule is CC[C@@H](C)[C@H](NC(=O)Cn1cc(CNC(=O)[C@@H](NC(=O)OCc2ccccc2)C(C)C)nn1)C(=O)O. The molecule has 0 fully saturated rings. The third kappa shape index (κ3) is 9.01. The van der Waals surface area contributed by atoms with Crippen molar-refractivity contribution < 1.29 is 29.0 Å². The Labute approximate surface area is 209 Å². The number of aliphatic carboxylic acids is 1. The van der Waals surface area contributed by atoms with Crippen LogP contribution in [-0.2, 0) is 38.8 Å². The van der Waals surface area contributed by atoms with Crippen molar-refractivity contribution in [1.82, 2.24) is 30.9 Å². The maximum Gasteiger partial charge on any atom is 0.408 e. The van der Waals surface area contributed by atoms with Crippen LogP contribution in [0.5, 0.6) is 0 Å². The van der Waals surface area contributed by atoms with Crippen LogP contribution in [-0.4, -0.2) is 56.1 Å². The number of alkyl carbamates (subject to hydrolysis) is 1. The molecule has 1 heterocycles. The molecule has 0 saturated heterocycles. The highest BCUT2D eigenvalue weighted by Crippen LogP contribution is 2.08. The predicted molar refractivity (Wildman–Crippen MR) is 129 cm³/mol. The molecule has 196 valence electrons. The van der Waals surface area contributed by atoms with Crippen LogP contribution in [0.25, 0.3) is 0 Å². The number of amides is 3. The summed E-state index contributed by atoms with van der Waals surface area (Å²) in [5, 5.41) is 24.9. The Kier molecular flexibility index (Phi) is 10.8. The molecule has 0 aliphatic carbocycles. The van der Waals surface area contributed by atoms with E-state index in [2.05, 4.69) is 26.3 Å². The molecule has 0 unspecified atom stereocenters. The molecular formula is C24H34N6O6. The van der Waals surface area contributed by atoms with Gasteiger partial charge >= 0.3 is 12.1 Å². The lowest BCUT2D eigenvalue weighted by Gasteiger charge is -2.21. The van der Waals surface area contributed by atoms with Gasteiger partial charge in [0.05, 0.1) is 12.7 Å². The van der Waals surface area contributed by atoms with Crippen LogP contribution in [0.3, 0.4) is 0 Å². The fourth-order valence-corrected chi connectivity index (χ4v) is 3.26. The monoisotopic (exact) mass is 502 g/mol. The minimum atomic E-state index is -1.10. The number of nitrogens with zero attached hydrogens (tertiary/aromatic N) is 3. The third-order valence-corrected chi connectivity index (χ3v) is 5.57.